The molecule has 0 aliphatic carbocycles. The highest BCUT2D eigenvalue weighted by atomic mass is 16.2. The minimum atomic E-state index is -0.491. The first-order chi connectivity index (χ1) is 9.45. The molecular formula is C14H23N5O. The molecule has 0 unspecified atom stereocenters. The van der Waals surface area contributed by atoms with Gasteiger partial charge in [-0.05, 0) is 20.8 Å². The average molecular weight is 277 g/mol. The van der Waals surface area contributed by atoms with Gasteiger partial charge in [0.25, 0.3) is 0 Å². The van der Waals surface area contributed by atoms with E-state index in [-0.39, 0.29) is 5.91 Å². The van der Waals surface area contributed by atoms with Crippen molar-refractivity contribution in [3.63, 3.8) is 0 Å². The number of nitrogens with zero attached hydrogens (tertiary/aromatic N) is 4. The van der Waals surface area contributed by atoms with Crippen molar-refractivity contribution in [2.45, 2.75) is 32.9 Å². The summed E-state index contributed by atoms with van der Waals surface area (Å²) >= 11 is 0. The fourth-order valence-corrected chi connectivity index (χ4v) is 2.44. The van der Waals surface area contributed by atoms with Gasteiger partial charge in [-0.2, -0.15) is 0 Å². The Balaban J connectivity index is 2.07. The van der Waals surface area contributed by atoms with Crippen LogP contribution in [0.5, 0.6) is 0 Å². The van der Waals surface area contributed by atoms with E-state index in [0.29, 0.717) is 6.54 Å². The molecule has 20 heavy (non-hydrogen) atoms. The number of amides is 1. The topological polar surface area (TPSA) is 61.4 Å². The molecule has 6 heteroatoms. The summed E-state index contributed by atoms with van der Waals surface area (Å²) in [7, 11) is 1.85. The van der Waals surface area contributed by atoms with Crippen molar-refractivity contribution in [1.82, 2.24) is 19.8 Å². The number of carbonyl (C=O) groups excluding carboxylic acids is 1. The second kappa shape index (κ2) is 5.75. The Hall–Kier alpha value is -1.69. The predicted octanol–water partition coefficient (Wildman–Crippen LogP) is 0.961. The summed E-state index contributed by atoms with van der Waals surface area (Å²) in [5, 5.41) is 3.12. The Labute approximate surface area is 120 Å². The first-order valence-electron chi connectivity index (χ1n) is 7.00. The second-order valence-electron chi connectivity index (χ2n) is 5.63. The molecule has 1 fully saturated rings. The quantitative estimate of drug-likeness (QED) is 0.888. The minimum absolute atomic E-state index is 0.154. The highest BCUT2D eigenvalue weighted by molar-refractivity contribution is 5.86. The molecule has 0 bridgehead atoms. The van der Waals surface area contributed by atoms with E-state index in [9.17, 15) is 4.79 Å². The molecule has 0 radical (unpaired) electrons. The first kappa shape index (κ1) is 14.7. The molecule has 2 rings (SSSR count). The third-order valence-corrected chi connectivity index (χ3v) is 3.78. The smallest absolute Gasteiger partial charge is 0.242 e. The van der Waals surface area contributed by atoms with Crippen LogP contribution in [0.2, 0.25) is 0 Å². The molecule has 0 spiro atoms. The SMILES string of the molecule is CCNc1cnc(CN2CCN(C)C(=O)C2(C)C)cn1. The summed E-state index contributed by atoms with van der Waals surface area (Å²) in [4.78, 5) is 24.9. The van der Waals surface area contributed by atoms with Gasteiger partial charge in [-0.15, -0.1) is 0 Å². The second-order valence-corrected chi connectivity index (χ2v) is 5.63. The zero-order valence-electron chi connectivity index (χ0n) is 12.7. The highest BCUT2D eigenvalue weighted by Gasteiger charge is 2.40. The number of likely N-dealkylation sites (N-methyl/N-ethyl adjacent to an activating group) is 1. The number of aromatic nitrogens is 2. The van der Waals surface area contributed by atoms with Crippen LogP contribution in [0, 0.1) is 0 Å². The monoisotopic (exact) mass is 277 g/mol. The standard InChI is InChI=1S/C14H23N5O/c1-5-15-12-9-16-11(8-17-12)10-19-7-6-18(4)13(20)14(19,2)3/h8-9H,5-7,10H2,1-4H3,(H,15,17). The van der Waals surface area contributed by atoms with E-state index < -0.39 is 5.54 Å². The van der Waals surface area contributed by atoms with Gasteiger partial charge in [-0.25, -0.2) is 4.98 Å². The molecule has 1 aliphatic rings. The van der Waals surface area contributed by atoms with Gasteiger partial charge < -0.3 is 10.2 Å². The van der Waals surface area contributed by atoms with Gasteiger partial charge in [0.1, 0.15) is 5.82 Å². The van der Waals surface area contributed by atoms with Crippen molar-refractivity contribution in [2.75, 3.05) is 32.0 Å². The van der Waals surface area contributed by atoms with Gasteiger partial charge in [0.05, 0.1) is 23.6 Å². The lowest BCUT2D eigenvalue weighted by molar-refractivity contribution is -0.147. The van der Waals surface area contributed by atoms with Gasteiger partial charge in [-0.3, -0.25) is 14.7 Å². The summed E-state index contributed by atoms with van der Waals surface area (Å²) in [5.74, 6) is 0.936. The van der Waals surface area contributed by atoms with Crippen molar-refractivity contribution in [3.05, 3.63) is 18.1 Å². The Morgan fingerprint density at radius 3 is 2.65 bits per heavy atom. The predicted molar refractivity (Wildman–Crippen MR) is 78.3 cm³/mol. The lowest BCUT2D eigenvalue weighted by atomic mass is 9.97. The normalized spacial score (nSPS) is 19.2. The van der Waals surface area contributed by atoms with Crippen molar-refractivity contribution in [3.8, 4) is 0 Å². The maximum absolute atomic E-state index is 12.2. The summed E-state index contributed by atoms with van der Waals surface area (Å²) in [6.07, 6.45) is 3.51. The fraction of sp³-hybridized carbons (Fsp3) is 0.643. The molecule has 0 saturated carbocycles. The van der Waals surface area contributed by atoms with E-state index in [1.165, 1.54) is 0 Å². The number of hydrogen-bond acceptors (Lipinski definition) is 5. The van der Waals surface area contributed by atoms with E-state index in [0.717, 1.165) is 31.1 Å². The Morgan fingerprint density at radius 2 is 2.05 bits per heavy atom. The molecule has 0 aromatic carbocycles. The maximum Gasteiger partial charge on any atom is 0.242 e. The molecule has 1 saturated heterocycles. The highest BCUT2D eigenvalue weighted by Crippen LogP contribution is 2.23. The van der Waals surface area contributed by atoms with Crippen LogP contribution in [0.3, 0.4) is 0 Å². The van der Waals surface area contributed by atoms with E-state index in [2.05, 4.69) is 20.2 Å². The molecule has 1 aliphatic heterocycles. The Kier molecular flexibility index (Phi) is 4.23. The third-order valence-electron chi connectivity index (χ3n) is 3.78. The number of nitrogens with one attached hydrogen (secondary N) is 1. The fourth-order valence-electron chi connectivity index (χ4n) is 2.44. The zero-order chi connectivity index (χ0) is 14.8. The number of rotatable bonds is 4. The molecule has 1 N–H and O–H groups in total. The van der Waals surface area contributed by atoms with Gasteiger partial charge in [0, 0.05) is 33.2 Å². The zero-order valence-corrected chi connectivity index (χ0v) is 12.7. The third kappa shape index (κ3) is 2.90. The van der Waals surface area contributed by atoms with E-state index in [4.69, 9.17) is 0 Å². The molecule has 6 nitrogen and oxygen atoms in total. The molecule has 1 amide bonds. The molecule has 110 valence electrons. The van der Waals surface area contributed by atoms with Crippen LogP contribution in [0.25, 0.3) is 0 Å². The summed E-state index contributed by atoms with van der Waals surface area (Å²) < 4.78 is 0. The van der Waals surface area contributed by atoms with Crippen LogP contribution in [-0.2, 0) is 11.3 Å². The molecule has 2 heterocycles. The number of hydrogen-bond donors (Lipinski definition) is 1. The van der Waals surface area contributed by atoms with Crippen LogP contribution < -0.4 is 5.32 Å². The van der Waals surface area contributed by atoms with Crippen molar-refractivity contribution in [2.24, 2.45) is 0 Å². The Bertz CT molecular complexity index is 471. The van der Waals surface area contributed by atoms with Crippen molar-refractivity contribution in [1.29, 1.82) is 0 Å². The Morgan fingerprint density at radius 1 is 1.30 bits per heavy atom. The maximum atomic E-state index is 12.2. The van der Waals surface area contributed by atoms with Crippen LogP contribution >= 0.6 is 0 Å². The van der Waals surface area contributed by atoms with Gasteiger partial charge in [0.2, 0.25) is 5.91 Å². The minimum Gasteiger partial charge on any atom is -0.369 e. The average Bonchev–Trinajstić information content (AvgIpc) is 2.42. The van der Waals surface area contributed by atoms with E-state index in [1.807, 2.05) is 27.8 Å². The summed E-state index contributed by atoms with van der Waals surface area (Å²) in [6, 6.07) is 0. The number of carbonyl (C=O) groups is 1. The largest absolute Gasteiger partial charge is 0.369 e. The van der Waals surface area contributed by atoms with E-state index >= 15 is 0 Å². The number of piperazine rings is 1. The van der Waals surface area contributed by atoms with Crippen molar-refractivity contribution < 1.29 is 4.79 Å². The van der Waals surface area contributed by atoms with Gasteiger partial charge in [-0.1, -0.05) is 0 Å². The molecular weight excluding hydrogens is 254 g/mol. The van der Waals surface area contributed by atoms with Crippen LogP contribution in [-0.4, -0.2) is 57.9 Å². The van der Waals surface area contributed by atoms with Gasteiger partial charge >= 0.3 is 0 Å². The lowest BCUT2D eigenvalue weighted by Crippen LogP contribution is -2.61. The molecule has 1 aromatic heterocycles. The summed E-state index contributed by atoms with van der Waals surface area (Å²) in [5.41, 5.74) is 0.395. The van der Waals surface area contributed by atoms with E-state index in [1.54, 1.807) is 17.3 Å². The lowest BCUT2D eigenvalue weighted by Gasteiger charge is -2.44. The van der Waals surface area contributed by atoms with Crippen molar-refractivity contribution >= 4 is 11.7 Å². The van der Waals surface area contributed by atoms with Crippen LogP contribution in [0.4, 0.5) is 5.82 Å². The van der Waals surface area contributed by atoms with Gasteiger partial charge in [0.15, 0.2) is 0 Å². The van der Waals surface area contributed by atoms with Crippen LogP contribution in [0.1, 0.15) is 26.5 Å². The summed E-state index contributed by atoms with van der Waals surface area (Å²) in [6.45, 7) is 9.03. The first-order valence-corrected chi connectivity index (χ1v) is 7.00. The molecule has 0 atom stereocenters. The molecule has 1 aromatic rings. The number of anilines is 1. The van der Waals surface area contributed by atoms with Crippen LogP contribution in [0.15, 0.2) is 12.4 Å².